The fourth-order valence-corrected chi connectivity index (χ4v) is 1.99. The van der Waals surface area contributed by atoms with Gasteiger partial charge in [0.2, 0.25) is 5.91 Å². The van der Waals surface area contributed by atoms with Gasteiger partial charge in [0, 0.05) is 19.1 Å². The number of amides is 1. The molecule has 1 unspecified atom stereocenters. The van der Waals surface area contributed by atoms with Gasteiger partial charge in [0.05, 0.1) is 19.2 Å². The second-order valence-electron chi connectivity index (χ2n) is 5.21. The Labute approximate surface area is 103 Å². The number of likely N-dealkylation sites (tertiary alicyclic amines) is 1. The Kier molecular flexibility index (Phi) is 5.88. The van der Waals surface area contributed by atoms with Crippen molar-refractivity contribution in [2.75, 3.05) is 26.2 Å². The van der Waals surface area contributed by atoms with Crippen LogP contribution in [0.3, 0.4) is 0 Å². The van der Waals surface area contributed by atoms with Gasteiger partial charge in [-0.15, -0.1) is 0 Å². The number of piperidine rings is 1. The van der Waals surface area contributed by atoms with Gasteiger partial charge in [0.25, 0.3) is 0 Å². The van der Waals surface area contributed by atoms with E-state index >= 15 is 0 Å². The van der Waals surface area contributed by atoms with E-state index in [0.29, 0.717) is 6.54 Å². The van der Waals surface area contributed by atoms with Gasteiger partial charge >= 0.3 is 0 Å². The molecule has 0 radical (unpaired) electrons. The summed E-state index contributed by atoms with van der Waals surface area (Å²) in [5.41, 5.74) is 5.81. The molecule has 1 aliphatic heterocycles. The van der Waals surface area contributed by atoms with E-state index in [4.69, 9.17) is 10.8 Å². The van der Waals surface area contributed by atoms with Crippen LogP contribution >= 0.6 is 0 Å². The second kappa shape index (κ2) is 6.93. The first kappa shape index (κ1) is 14.4. The third kappa shape index (κ3) is 5.02. The SMILES string of the molecule is CC(C)C(CO)NC(=O)CN1CCC(N)CC1. The molecule has 0 bridgehead atoms. The molecule has 1 amide bonds. The first-order valence-corrected chi connectivity index (χ1v) is 6.41. The van der Waals surface area contributed by atoms with Gasteiger partial charge in [0.1, 0.15) is 0 Å². The molecule has 1 fully saturated rings. The summed E-state index contributed by atoms with van der Waals surface area (Å²) in [6.07, 6.45) is 1.92. The minimum Gasteiger partial charge on any atom is -0.394 e. The van der Waals surface area contributed by atoms with E-state index < -0.39 is 0 Å². The molecule has 1 atom stereocenters. The Morgan fingerprint density at radius 2 is 2.06 bits per heavy atom. The minimum atomic E-state index is -0.144. The van der Waals surface area contributed by atoms with Crippen LogP contribution < -0.4 is 11.1 Å². The number of nitrogens with two attached hydrogens (primary N) is 1. The molecule has 0 aromatic rings. The van der Waals surface area contributed by atoms with Crippen LogP contribution in [0.4, 0.5) is 0 Å². The minimum absolute atomic E-state index is 0.00567. The van der Waals surface area contributed by atoms with E-state index in [1.807, 2.05) is 13.8 Å². The fraction of sp³-hybridized carbons (Fsp3) is 0.917. The predicted molar refractivity (Wildman–Crippen MR) is 67.5 cm³/mol. The van der Waals surface area contributed by atoms with E-state index in [1.54, 1.807) is 0 Å². The zero-order chi connectivity index (χ0) is 12.8. The number of nitrogens with one attached hydrogen (secondary N) is 1. The molecule has 1 rings (SSSR count). The standard InChI is InChI=1S/C12H25N3O2/c1-9(2)11(8-16)14-12(17)7-15-5-3-10(13)4-6-15/h9-11,16H,3-8,13H2,1-2H3,(H,14,17). The molecule has 0 spiro atoms. The van der Waals surface area contributed by atoms with Gasteiger partial charge in [-0.05, 0) is 18.8 Å². The highest BCUT2D eigenvalue weighted by Crippen LogP contribution is 2.07. The van der Waals surface area contributed by atoms with Crippen LogP contribution in [0.1, 0.15) is 26.7 Å². The van der Waals surface area contributed by atoms with E-state index in [0.717, 1.165) is 25.9 Å². The highest BCUT2D eigenvalue weighted by Gasteiger charge is 2.20. The molecule has 0 saturated carbocycles. The van der Waals surface area contributed by atoms with Gasteiger partial charge in [-0.2, -0.15) is 0 Å². The molecule has 1 aliphatic rings. The quantitative estimate of drug-likeness (QED) is 0.611. The molecule has 0 aliphatic carbocycles. The largest absolute Gasteiger partial charge is 0.394 e. The van der Waals surface area contributed by atoms with Crippen molar-refractivity contribution in [1.29, 1.82) is 0 Å². The van der Waals surface area contributed by atoms with Crippen LogP contribution in [0, 0.1) is 5.92 Å². The number of rotatable bonds is 5. The van der Waals surface area contributed by atoms with Crippen molar-refractivity contribution in [3.63, 3.8) is 0 Å². The van der Waals surface area contributed by atoms with Crippen LogP contribution in [0.25, 0.3) is 0 Å². The number of aliphatic hydroxyl groups is 1. The summed E-state index contributed by atoms with van der Waals surface area (Å²) in [6.45, 7) is 6.16. The topological polar surface area (TPSA) is 78.6 Å². The summed E-state index contributed by atoms with van der Waals surface area (Å²) >= 11 is 0. The Hall–Kier alpha value is -0.650. The molecule has 100 valence electrons. The van der Waals surface area contributed by atoms with Crippen molar-refractivity contribution in [3.05, 3.63) is 0 Å². The fourth-order valence-electron chi connectivity index (χ4n) is 1.99. The predicted octanol–water partition coefficient (Wildman–Crippen LogP) is -0.457. The maximum absolute atomic E-state index is 11.8. The van der Waals surface area contributed by atoms with E-state index in [2.05, 4.69) is 10.2 Å². The van der Waals surface area contributed by atoms with Gasteiger partial charge in [0.15, 0.2) is 0 Å². The maximum Gasteiger partial charge on any atom is 0.234 e. The number of nitrogens with zero attached hydrogens (tertiary/aromatic N) is 1. The summed E-state index contributed by atoms with van der Waals surface area (Å²) < 4.78 is 0. The lowest BCUT2D eigenvalue weighted by atomic mass is 10.0. The number of hydrogen-bond acceptors (Lipinski definition) is 4. The Balaban J connectivity index is 2.29. The molecular weight excluding hydrogens is 218 g/mol. The molecule has 5 nitrogen and oxygen atoms in total. The van der Waals surface area contributed by atoms with Gasteiger partial charge in [-0.1, -0.05) is 13.8 Å². The molecule has 5 heteroatoms. The van der Waals surface area contributed by atoms with Crippen molar-refractivity contribution in [2.24, 2.45) is 11.7 Å². The maximum atomic E-state index is 11.8. The van der Waals surface area contributed by atoms with Crippen LogP contribution in [0.5, 0.6) is 0 Å². The first-order chi connectivity index (χ1) is 8.02. The molecule has 1 heterocycles. The zero-order valence-corrected chi connectivity index (χ0v) is 10.9. The highest BCUT2D eigenvalue weighted by atomic mass is 16.3. The lowest BCUT2D eigenvalue weighted by Gasteiger charge is -2.30. The Morgan fingerprint density at radius 1 is 1.47 bits per heavy atom. The third-order valence-electron chi connectivity index (χ3n) is 3.35. The summed E-state index contributed by atoms with van der Waals surface area (Å²) in [4.78, 5) is 13.9. The second-order valence-corrected chi connectivity index (χ2v) is 5.21. The van der Waals surface area contributed by atoms with Crippen molar-refractivity contribution < 1.29 is 9.90 Å². The third-order valence-corrected chi connectivity index (χ3v) is 3.35. The molecule has 0 aromatic heterocycles. The van der Waals surface area contributed by atoms with Gasteiger partial charge in [-0.25, -0.2) is 0 Å². The number of hydrogen-bond donors (Lipinski definition) is 3. The van der Waals surface area contributed by atoms with Gasteiger partial charge in [-0.3, -0.25) is 9.69 Å². The van der Waals surface area contributed by atoms with E-state index in [9.17, 15) is 4.79 Å². The van der Waals surface area contributed by atoms with Crippen LogP contribution in [0.15, 0.2) is 0 Å². The Bertz CT molecular complexity index is 238. The molecule has 1 saturated heterocycles. The highest BCUT2D eigenvalue weighted by molar-refractivity contribution is 5.78. The number of carbonyl (C=O) groups is 1. The lowest BCUT2D eigenvalue weighted by Crippen LogP contribution is -2.48. The number of carbonyl (C=O) groups excluding carboxylic acids is 1. The Morgan fingerprint density at radius 3 is 2.53 bits per heavy atom. The normalized spacial score (nSPS) is 20.5. The van der Waals surface area contributed by atoms with E-state index in [-0.39, 0.29) is 30.5 Å². The average Bonchev–Trinajstić information content (AvgIpc) is 2.28. The first-order valence-electron chi connectivity index (χ1n) is 6.41. The molecular formula is C12H25N3O2. The van der Waals surface area contributed by atoms with Crippen LogP contribution in [-0.2, 0) is 4.79 Å². The summed E-state index contributed by atoms with van der Waals surface area (Å²) in [6, 6.07) is 0.143. The van der Waals surface area contributed by atoms with Crippen LogP contribution in [0.2, 0.25) is 0 Å². The zero-order valence-electron chi connectivity index (χ0n) is 10.9. The summed E-state index contributed by atoms with van der Waals surface area (Å²) in [5.74, 6) is 0.243. The molecule has 17 heavy (non-hydrogen) atoms. The summed E-state index contributed by atoms with van der Waals surface area (Å²) in [5, 5.41) is 12.0. The van der Waals surface area contributed by atoms with E-state index in [1.165, 1.54) is 0 Å². The van der Waals surface area contributed by atoms with Gasteiger partial charge < -0.3 is 16.2 Å². The number of aliphatic hydroxyl groups excluding tert-OH is 1. The average molecular weight is 243 g/mol. The summed E-state index contributed by atoms with van der Waals surface area (Å²) in [7, 11) is 0. The van der Waals surface area contributed by atoms with Crippen LogP contribution in [-0.4, -0.2) is 54.2 Å². The smallest absolute Gasteiger partial charge is 0.234 e. The van der Waals surface area contributed by atoms with Crippen molar-refractivity contribution in [3.8, 4) is 0 Å². The van der Waals surface area contributed by atoms with Crippen molar-refractivity contribution >= 4 is 5.91 Å². The monoisotopic (exact) mass is 243 g/mol. The molecule has 4 N–H and O–H groups in total. The van der Waals surface area contributed by atoms with Crippen molar-refractivity contribution in [2.45, 2.75) is 38.8 Å². The van der Waals surface area contributed by atoms with Crippen molar-refractivity contribution in [1.82, 2.24) is 10.2 Å². The molecule has 0 aromatic carbocycles. The lowest BCUT2D eigenvalue weighted by molar-refractivity contribution is -0.123.